The van der Waals surface area contributed by atoms with E-state index in [1.165, 1.54) is 31.3 Å². The van der Waals surface area contributed by atoms with Crippen molar-refractivity contribution in [3.8, 4) is 31.3 Å². The number of hydrogen-bond acceptors (Lipinski definition) is 3. The number of halogens is 2. The van der Waals surface area contributed by atoms with Gasteiger partial charge in [-0.2, -0.15) is 0 Å². The standard InChI is InChI=1S/C18H10Br2S3/c19-17-7-5-14(22-17)11-3-4-12(15-2-1-9-21-15)13(10-11)16-6-8-18(20)23-16/h1-10H. The van der Waals surface area contributed by atoms with Crippen LogP contribution >= 0.6 is 65.9 Å². The first-order chi connectivity index (χ1) is 11.2. The second-order valence-corrected chi connectivity index (χ2v) is 10.8. The lowest BCUT2D eigenvalue weighted by Crippen LogP contribution is -1.82. The van der Waals surface area contributed by atoms with Gasteiger partial charge in [-0.25, -0.2) is 0 Å². The molecule has 3 heterocycles. The fraction of sp³-hybridized carbons (Fsp3) is 0. The van der Waals surface area contributed by atoms with Crippen molar-refractivity contribution < 1.29 is 0 Å². The Morgan fingerprint density at radius 1 is 0.652 bits per heavy atom. The maximum Gasteiger partial charge on any atom is 0.0705 e. The molecular weight excluding hydrogens is 472 g/mol. The molecule has 0 N–H and O–H groups in total. The van der Waals surface area contributed by atoms with Crippen LogP contribution in [0.25, 0.3) is 31.3 Å². The van der Waals surface area contributed by atoms with Gasteiger partial charge in [0.05, 0.1) is 7.57 Å². The van der Waals surface area contributed by atoms with Crippen LogP contribution in [0.5, 0.6) is 0 Å². The molecule has 4 aromatic rings. The highest BCUT2D eigenvalue weighted by Gasteiger charge is 2.13. The first-order valence-corrected chi connectivity index (χ1v) is 11.0. The summed E-state index contributed by atoms with van der Waals surface area (Å²) >= 11 is 12.5. The molecule has 0 amide bonds. The normalized spacial score (nSPS) is 11.0. The minimum absolute atomic E-state index is 1.16. The molecule has 5 heteroatoms. The van der Waals surface area contributed by atoms with Crippen molar-refractivity contribution in [2.24, 2.45) is 0 Å². The Morgan fingerprint density at radius 2 is 1.39 bits per heavy atom. The van der Waals surface area contributed by atoms with E-state index in [4.69, 9.17) is 0 Å². The monoisotopic (exact) mass is 480 g/mol. The molecule has 0 unspecified atom stereocenters. The Hall–Kier alpha value is -0.720. The molecule has 0 aliphatic rings. The number of benzene rings is 1. The van der Waals surface area contributed by atoms with E-state index in [-0.39, 0.29) is 0 Å². The molecule has 0 aliphatic carbocycles. The van der Waals surface area contributed by atoms with Crippen LogP contribution < -0.4 is 0 Å². The first-order valence-electron chi connectivity index (χ1n) is 6.90. The van der Waals surface area contributed by atoms with Crippen LogP contribution in [0.1, 0.15) is 0 Å². The number of hydrogen-bond donors (Lipinski definition) is 0. The van der Waals surface area contributed by atoms with Crippen LogP contribution in [0.3, 0.4) is 0 Å². The summed E-state index contributed by atoms with van der Waals surface area (Å²) < 4.78 is 2.32. The van der Waals surface area contributed by atoms with Gasteiger partial charge in [-0.05, 0) is 79.2 Å². The summed E-state index contributed by atoms with van der Waals surface area (Å²) in [5.41, 5.74) is 3.86. The molecule has 0 nitrogen and oxygen atoms in total. The van der Waals surface area contributed by atoms with E-state index in [0.29, 0.717) is 0 Å². The molecule has 0 spiro atoms. The topological polar surface area (TPSA) is 0 Å². The molecule has 114 valence electrons. The van der Waals surface area contributed by atoms with Gasteiger partial charge >= 0.3 is 0 Å². The molecule has 0 saturated heterocycles. The SMILES string of the molecule is Brc1ccc(-c2ccc(-c3cccs3)c(-c3ccc(Br)s3)c2)s1. The lowest BCUT2D eigenvalue weighted by Gasteiger charge is -2.09. The maximum atomic E-state index is 3.59. The Labute approximate surface area is 163 Å². The highest BCUT2D eigenvalue weighted by Crippen LogP contribution is 2.42. The van der Waals surface area contributed by atoms with E-state index < -0.39 is 0 Å². The predicted octanol–water partition coefficient (Wildman–Crippen LogP) is 8.40. The van der Waals surface area contributed by atoms with Crippen molar-refractivity contribution in [3.63, 3.8) is 0 Å². The maximum absolute atomic E-state index is 3.59. The van der Waals surface area contributed by atoms with E-state index in [1.54, 1.807) is 34.0 Å². The van der Waals surface area contributed by atoms with Gasteiger partial charge in [0, 0.05) is 25.8 Å². The highest BCUT2D eigenvalue weighted by molar-refractivity contribution is 9.11. The van der Waals surface area contributed by atoms with Gasteiger partial charge in [-0.3, -0.25) is 0 Å². The van der Waals surface area contributed by atoms with E-state index >= 15 is 0 Å². The van der Waals surface area contributed by atoms with Crippen LogP contribution in [0.4, 0.5) is 0 Å². The Morgan fingerprint density at radius 3 is 2.00 bits per heavy atom. The molecule has 1 aromatic carbocycles. The van der Waals surface area contributed by atoms with E-state index in [0.717, 1.165) is 7.57 Å². The first kappa shape index (κ1) is 15.8. The summed E-state index contributed by atoms with van der Waals surface area (Å²) in [4.78, 5) is 3.88. The predicted molar refractivity (Wildman–Crippen MR) is 112 cm³/mol. The highest BCUT2D eigenvalue weighted by atomic mass is 79.9. The summed E-state index contributed by atoms with van der Waals surface area (Å²) in [6, 6.07) is 19.7. The fourth-order valence-electron chi connectivity index (χ4n) is 2.48. The largest absolute Gasteiger partial charge is 0.144 e. The number of thiophene rings is 3. The van der Waals surface area contributed by atoms with Crippen molar-refractivity contribution in [3.05, 3.63) is 67.6 Å². The lowest BCUT2D eigenvalue weighted by atomic mass is 10.0. The summed E-state index contributed by atoms with van der Waals surface area (Å²) in [5, 5.41) is 2.13. The van der Waals surface area contributed by atoms with Gasteiger partial charge in [0.1, 0.15) is 0 Å². The third-order valence-corrected chi connectivity index (χ3v) is 7.74. The average Bonchev–Trinajstić information content (AvgIpc) is 3.28. The molecular formula is C18H10Br2S3. The van der Waals surface area contributed by atoms with Gasteiger partial charge in [-0.1, -0.05) is 18.2 Å². The van der Waals surface area contributed by atoms with E-state index in [9.17, 15) is 0 Å². The fourth-order valence-corrected chi connectivity index (χ4v) is 6.04. The van der Waals surface area contributed by atoms with Gasteiger partial charge in [0.15, 0.2) is 0 Å². The molecule has 0 bridgehead atoms. The van der Waals surface area contributed by atoms with Crippen molar-refractivity contribution in [2.75, 3.05) is 0 Å². The van der Waals surface area contributed by atoms with E-state index in [1.807, 2.05) is 0 Å². The molecule has 0 fully saturated rings. The second kappa shape index (κ2) is 6.65. The summed E-state index contributed by atoms with van der Waals surface area (Å²) in [5.74, 6) is 0. The molecule has 0 radical (unpaired) electrons. The zero-order valence-electron chi connectivity index (χ0n) is 11.8. The van der Waals surface area contributed by atoms with Crippen molar-refractivity contribution in [2.45, 2.75) is 0 Å². The van der Waals surface area contributed by atoms with Gasteiger partial charge in [0.25, 0.3) is 0 Å². The third-order valence-electron chi connectivity index (χ3n) is 3.50. The molecule has 23 heavy (non-hydrogen) atoms. The van der Waals surface area contributed by atoms with Gasteiger partial charge in [0.2, 0.25) is 0 Å². The van der Waals surface area contributed by atoms with E-state index in [2.05, 4.69) is 91.8 Å². The van der Waals surface area contributed by atoms with Crippen LogP contribution in [0, 0.1) is 0 Å². The van der Waals surface area contributed by atoms with Crippen molar-refractivity contribution >= 4 is 65.9 Å². The van der Waals surface area contributed by atoms with Crippen molar-refractivity contribution in [1.29, 1.82) is 0 Å². The second-order valence-electron chi connectivity index (χ2n) is 4.95. The average molecular weight is 482 g/mol. The zero-order chi connectivity index (χ0) is 15.8. The van der Waals surface area contributed by atoms with Gasteiger partial charge in [-0.15, -0.1) is 34.0 Å². The minimum Gasteiger partial charge on any atom is -0.144 e. The molecule has 0 atom stereocenters. The van der Waals surface area contributed by atoms with Crippen LogP contribution in [-0.4, -0.2) is 0 Å². The van der Waals surface area contributed by atoms with Crippen LogP contribution in [0.2, 0.25) is 0 Å². The minimum atomic E-state index is 1.16. The smallest absolute Gasteiger partial charge is 0.0705 e. The Balaban J connectivity index is 1.91. The Kier molecular flexibility index (Phi) is 4.56. The quantitative estimate of drug-likeness (QED) is 0.275. The summed E-state index contributed by atoms with van der Waals surface area (Å²) in [6.07, 6.45) is 0. The number of rotatable bonds is 3. The summed E-state index contributed by atoms with van der Waals surface area (Å²) in [7, 11) is 0. The Bertz CT molecular complexity index is 948. The lowest BCUT2D eigenvalue weighted by molar-refractivity contribution is 1.67. The van der Waals surface area contributed by atoms with Gasteiger partial charge < -0.3 is 0 Å². The molecule has 3 aromatic heterocycles. The zero-order valence-corrected chi connectivity index (χ0v) is 17.4. The molecule has 0 aliphatic heterocycles. The van der Waals surface area contributed by atoms with Crippen LogP contribution in [0.15, 0.2) is 67.6 Å². The summed E-state index contributed by atoms with van der Waals surface area (Å²) in [6.45, 7) is 0. The van der Waals surface area contributed by atoms with Crippen LogP contribution in [-0.2, 0) is 0 Å². The molecule has 4 rings (SSSR count). The third kappa shape index (κ3) is 3.26. The van der Waals surface area contributed by atoms with Crippen molar-refractivity contribution in [1.82, 2.24) is 0 Å². The molecule has 0 saturated carbocycles.